The fraction of sp³-hybridized carbons (Fsp3) is 0.500. The maximum Gasteiger partial charge on any atom is 0.345 e. The van der Waals surface area contributed by atoms with E-state index in [1.807, 2.05) is 13.0 Å². The Balaban J connectivity index is 2.78. The standard InChI is InChI=1S/C8H10N4O2S/c1-6(3-4-9)11(2)8-10-5-7(15-8)12(13)14/h5-6H,3H2,1-2H3. The molecule has 0 aromatic carbocycles. The van der Waals surface area contributed by atoms with Crippen LogP contribution in [0.25, 0.3) is 0 Å². The van der Waals surface area contributed by atoms with E-state index >= 15 is 0 Å². The average Bonchev–Trinajstić information content (AvgIpc) is 2.65. The lowest BCUT2D eigenvalue weighted by Gasteiger charge is -2.21. The second-order valence-corrected chi connectivity index (χ2v) is 4.05. The van der Waals surface area contributed by atoms with Gasteiger partial charge in [-0.05, 0) is 18.3 Å². The smallest absolute Gasteiger partial charge is 0.345 e. The zero-order chi connectivity index (χ0) is 11.4. The molecule has 0 amide bonds. The Morgan fingerprint density at radius 3 is 3.00 bits per heavy atom. The fourth-order valence-electron chi connectivity index (χ4n) is 0.962. The molecule has 0 saturated carbocycles. The van der Waals surface area contributed by atoms with Crippen LogP contribution in [0, 0.1) is 21.4 Å². The summed E-state index contributed by atoms with van der Waals surface area (Å²) < 4.78 is 0. The minimum atomic E-state index is -0.468. The van der Waals surface area contributed by atoms with Crippen LogP contribution < -0.4 is 4.90 Å². The summed E-state index contributed by atoms with van der Waals surface area (Å²) in [5.74, 6) is 0. The number of aromatic nitrogens is 1. The average molecular weight is 226 g/mol. The molecule has 1 aromatic rings. The van der Waals surface area contributed by atoms with E-state index < -0.39 is 4.92 Å². The summed E-state index contributed by atoms with van der Waals surface area (Å²) in [7, 11) is 1.77. The van der Waals surface area contributed by atoms with Gasteiger partial charge in [-0.1, -0.05) is 0 Å². The zero-order valence-corrected chi connectivity index (χ0v) is 9.19. The lowest BCUT2D eigenvalue weighted by molar-refractivity contribution is -0.380. The molecule has 6 nitrogen and oxygen atoms in total. The van der Waals surface area contributed by atoms with Crippen molar-refractivity contribution in [1.82, 2.24) is 4.98 Å². The molecule has 0 aliphatic carbocycles. The first-order valence-corrected chi connectivity index (χ1v) is 5.08. The third-order valence-corrected chi connectivity index (χ3v) is 3.05. The molecule has 15 heavy (non-hydrogen) atoms. The summed E-state index contributed by atoms with van der Waals surface area (Å²) in [5.41, 5.74) is 0. The lowest BCUT2D eigenvalue weighted by atomic mass is 10.2. The Morgan fingerprint density at radius 2 is 2.53 bits per heavy atom. The minimum absolute atomic E-state index is 0.000698. The van der Waals surface area contributed by atoms with Crippen LogP contribution in [0.2, 0.25) is 0 Å². The third-order valence-electron chi connectivity index (χ3n) is 2.01. The number of hydrogen-bond donors (Lipinski definition) is 0. The van der Waals surface area contributed by atoms with Crippen LogP contribution in [-0.4, -0.2) is 23.0 Å². The first-order chi connectivity index (χ1) is 7.06. The van der Waals surface area contributed by atoms with Gasteiger partial charge in [0.25, 0.3) is 0 Å². The normalized spacial score (nSPS) is 11.8. The molecule has 0 aliphatic heterocycles. The third kappa shape index (κ3) is 2.63. The first-order valence-electron chi connectivity index (χ1n) is 4.26. The van der Waals surface area contributed by atoms with Crippen LogP contribution in [0.3, 0.4) is 0 Å². The Morgan fingerprint density at radius 1 is 1.87 bits per heavy atom. The lowest BCUT2D eigenvalue weighted by Crippen LogP contribution is -2.28. The topological polar surface area (TPSA) is 83.1 Å². The molecule has 1 heterocycles. The second kappa shape index (κ2) is 4.70. The zero-order valence-electron chi connectivity index (χ0n) is 8.38. The second-order valence-electron chi connectivity index (χ2n) is 3.06. The van der Waals surface area contributed by atoms with Gasteiger partial charge in [-0.3, -0.25) is 10.1 Å². The van der Waals surface area contributed by atoms with Gasteiger partial charge in [0, 0.05) is 13.1 Å². The molecule has 0 spiro atoms. The highest BCUT2D eigenvalue weighted by Gasteiger charge is 2.17. The number of nitrogens with zero attached hydrogens (tertiary/aromatic N) is 4. The summed E-state index contributed by atoms with van der Waals surface area (Å²) in [6, 6.07) is 2.05. The summed E-state index contributed by atoms with van der Waals surface area (Å²) in [6.45, 7) is 1.87. The minimum Gasteiger partial charge on any atom is -0.347 e. The van der Waals surface area contributed by atoms with Gasteiger partial charge in [-0.25, -0.2) is 4.98 Å². The number of nitro groups is 1. The summed E-state index contributed by atoms with van der Waals surface area (Å²) in [4.78, 5) is 15.7. The number of nitriles is 1. The number of rotatable bonds is 4. The van der Waals surface area contributed by atoms with E-state index in [1.165, 1.54) is 6.20 Å². The van der Waals surface area contributed by atoms with Crippen molar-refractivity contribution in [3.05, 3.63) is 16.3 Å². The van der Waals surface area contributed by atoms with Crippen LogP contribution in [0.4, 0.5) is 10.1 Å². The van der Waals surface area contributed by atoms with Crippen molar-refractivity contribution in [1.29, 1.82) is 5.26 Å². The molecule has 0 fully saturated rings. The molecule has 1 atom stereocenters. The number of thiazole rings is 1. The summed E-state index contributed by atoms with van der Waals surface area (Å²) >= 11 is 1.01. The van der Waals surface area contributed by atoms with Crippen LogP contribution in [0.5, 0.6) is 0 Å². The molecule has 0 bridgehead atoms. The van der Waals surface area contributed by atoms with Gasteiger partial charge < -0.3 is 4.90 Å². The fourth-order valence-corrected chi connectivity index (χ4v) is 1.76. The van der Waals surface area contributed by atoms with Crippen molar-refractivity contribution in [2.45, 2.75) is 19.4 Å². The van der Waals surface area contributed by atoms with Crippen molar-refractivity contribution >= 4 is 21.5 Å². The van der Waals surface area contributed by atoms with E-state index in [0.717, 1.165) is 11.3 Å². The molecule has 80 valence electrons. The number of anilines is 1. The Hall–Kier alpha value is -1.68. The summed E-state index contributed by atoms with van der Waals surface area (Å²) in [6.07, 6.45) is 1.60. The molecule has 0 saturated heterocycles. The van der Waals surface area contributed by atoms with Crippen molar-refractivity contribution < 1.29 is 4.92 Å². The van der Waals surface area contributed by atoms with Crippen LogP contribution in [0.15, 0.2) is 6.20 Å². The van der Waals surface area contributed by atoms with E-state index in [2.05, 4.69) is 4.98 Å². The van der Waals surface area contributed by atoms with Crippen LogP contribution in [0.1, 0.15) is 13.3 Å². The van der Waals surface area contributed by atoms with Gasteiger partial charge >= 0.3 is 5.00 Å². The first kappa shape index (κ1) is 11.4. The van der Waals surface area contributed by atoms with Gasteiger partial charge in [0.05, 0.1) is 17.4 Å². The Labute approximate surface area is 90.9 Å². The molecule has 1 aromatic heterocycles. The highest BCUT2D eigenvalue weighted by molar-refractivity contribution is 7.18. The predicted octanol–water partition coefficient (Wildman–Crippen LogP) is 1.79. The van der Waals surface area contributed by atoms with E-state index in [-0.39, 0.29) is 11.0 Å². The highest BCUT2D eigenvalue weighted by atomic mass is 32.1. The van der Waals surface area contributed by atoms with Gasteiger partial charge in [0.15, 0.2) is 5.13 Å². The van der Waals surface area contributed by atoms with Gasteiger partial charge in [-0.15, -0.1) is 0 Å². The van der Waals surface area contributed by atoms with E-state index in [0.29, 0.717) is 11.6 Å². The van der Waals surface area contributed by atoms with Crippen molar-refractivity contribution in [2.24, 2.45) is 0 Å². The monoisotopic (exact) mass is 226 g/mol. The molecular weight excluding hydrogens is 216 g/mol. The molecule has 7 heteroatoms. The molecule has 0 radical (unpaired) electrons. The molecule has 1 unspecified atom stereocenters. The molecule has 1 rings (SSSR count). The summed E-state index contributed by atoms with van der Waals surface area (Å²) in [5, 5.41) is 19.5. The van der Waals surface area contributed by atoms with E-state index in [1.54, 1.807) is 11.9 Å². The maximum atomic E-state index is 10.4. The Kier molecular flexibility index (Phi) is 3.57. The largest absolute Gasteiger partial charge is 0.347 e. The molecule has 0 N–H and O–H groups in total. The quantitative estimate of drug-likeness (QED) is 0.577. The Bertz CT molecular complexity index is 398. The van der Waals surface area contributed by atoms with Crippen LogP contribution in [-0.2, 0) is 0 Å². The van der Waals surface area contributed by atoms with Gasteiger partial charge in [0.2, 0.25) is 0 Å². The maximum absolute atomic E-state index is 10.4. The SMILES string of the molecule is CC(CC#N)N(C)c1ncc([N+](=O)[O-])s1. The van der Waals surface area contributed by atoms with Gasteiger partial charge in [0.1, 0.15) is 6.20 Å². The van der Waals surface area contributed by atoms with E-state index in [4.69, 9.17) is 5.26 Å². The predicted molar refractivity (Wildman–Crippen MR) is 56.9 cm³/mol. The van der Waals surface area contributed by atoms with E-state index in [9.17, 15) is 10.1 Å². The highest BCUT2D eigenvalue weighted by Crippen LogP contribution is 2.28. The molecular formula is C8H10N4O2S. The number of hydrogen-bond acceptors (Lipinski definition) is 6. The van der Waals surface area contributed by atoms with Crippen molar-refractivity contribution in [2.75, 3.05) is 11.9 Å². The van der Waals surface area contributed by atoms with Crippen molar-refractivity contribution in [3.63, 3.8) is 0 Å². The van der Waals surface area contributed by atoms with Crippen molar-refractivity contribution in [3.8, 4) is 6.07 Å². The van der Waals surface area contributed by atoms with Crippen LogP contribution >= 0.6 is 11.3 Å². The van der Waals surface area contributed by atoms with Gasteiger partial charge in [-0.2, -0.15) is 5.26 Å². The molecule has 0 aliphatic rings.